The molecule has 0 unspecified atom stereocenters. The summed E-state index contributed by atoms with van der Waals surface area (Å²) in [6.07, 6.45) is 1.34. The van der Waals surface area contributed by atoms with Crippen molar-refractivity contribution >= 4 is 22.4 Å². The molecule has 1 fully saturated rings. The van der Waals surface area contributed by atoms with Gasteiger partial charge in [-0.2, -0.15) is 0 Å². The molecule has 1 aliphatic rings. The molecule has 2 nitrogen and oxygen atoms in total. The van der Waals surface area contributed by atoms with E-state index in [1.165, 1.54) is 0 Å². The quantitative estimate of drug-likeness (QED) is 0.880. The van der Waals surface area contributed by atoms with E-state index in [-0.39, 0.29) is 6.10 Å². The van der Waals surface area contributed by atoms with Crippen LogP contribution in [0.3, 0.4) is 0 Å². The van der Waals surface area contributed by atoms with Crippen LogP contribution in [0.5, 0.6) is 5.75 Å². The van der Waals surface area contributed by atoms with Crippen LogP contribution in [0, 0.1) is 0 Å². The van der Waals surface area contributed by atoms with Gasteiger partial charge in [0.1, 0.15) is 11.9 Å². The predicted octanol–water partition coefficient (Wildman–Crippen LogP) is 3.23. The van der Waals surface area contributed by atoms with Crippen molar-refractivity contribution in [3.05, 3.63) is 41.4 Å². The molecule has 1 saturated heterocycles. The first-order valence-corrected chi connectivity index (χ1v) is 6.27. The molecule has 0 spiro atoms. The molecule has 1 aliphatic heterocycles. The molecule has 0 amide bonds. The van der Waals surface area contributed by atoms with E-state index in [1.807, 2.05) is 30.3 Å². The van der Waals surface area contributed by atoms with Crippen LogP contribution in [-0.4, -0.2) is 19.2 Å². The summed E-state index contributed by atoms with van der Waals surface area (Å²) in [7, 11) is 0. The van der Waals surface area contributed by atoms with E-state index in [0.29, 0.717) is 0 Å². The summed E-state index contributed by atoms with van der Waals surface area (Å²) in [5, 5.41) is 6.22. The number of halogens is 1. The molecule has 3 rings (SSSR count). The molecule has 1 heterocycles. The van der Waals surface area contributed by atoms with Gasteiger partial charge in [-0.05, 0) is 25.1 Å². The van der Waals surface area contributed by atoms with Crippen LogP contribution in [0.15, 0.2) is 36.4 Å². The Hall–Kier alpha value is -1.25. The fourth-order valence-corrected chi connectivity index (χ4v) is 2.47. The summed E-state index contributed by atoms with van der Waals surface area (Å²) < 4.78 is 6.02. The number of nitrogens with one attached hydrogen (secondary N) is 1. The monoisotopic (exact) mass is 247 g/mol. The van der Waals surface area contributed by atoms with E-state index in [2.05, 4.69) is 11.4 Å². The number of hydrogen-bond donors (Lipinski definition) is 1. The normalized spacial score (nSPS) is 19.7. The zero-order valence-electron chi connectivity index (χ0n) is 9.45. The molecule has 17 heavy (non-hydrogen) atoms. The first-order valence-electron chi connectivity index (χ1n) is 5.89. The Labute approximate surface area is 106 Å². The van der Waals surface area contributed by atoms with Gasteiger partial charge in [0.25, 0.3) is 0 Å². The highest BCUT2D eigenvalue weighted by atomic mass is 35.5. The molecule has 1 N–H and O–H groups in total. The fourth-order valence-electron chi connectivity index (χ4n) is 2.25. The van der Waals surface area contributed by atoms with Gasteiger partial charge in [-0.1, -0.05) is 35.9 Å². The second kappa shape index (κ2) is 4.55. The lowest BCUT2D eigenvalue weighted by molar-refractivity contribution is 0.226. The van der Waals surface area contributed by atoms with E-state index in [1.54, 1.807) is 0 Å². The Kier molecular flexibility index (Phi) is 2.91. The van der Waals surface area contributed by atoms with Gasteiger partial charge in [0.15, 0.2) is 0 Å². The van der Waals surface area contributed by atoms with Crippen molar-refractivity contribution in [3.63, 3.8) is 0 Å². The standard InChI is InChI=1S/C14H14ClNO/c15-13-5-6-14(17-10-7-8-16-9-10)12-4-2-1-3-11(12)13/h1-6,10,16H,7-9H2/t10-/m1/s1. The Morgan fingerprint density at radius 2 is 1.94 bits per heavy atom. The van der Waals surface area contributed by atoms with Gasteiger partial charge >= 0.3 is 0 Å². The van der Waals surface area contributed by atoms with E-state index < -0.39 is 0 Å². The summed E-state index contributed by atoms with van der Waals surface area (Å²) in [6, 6.07) is 12.0. The van der Waals surface area contributed by atoms with Crippen molar-refractivity contribution in [1.29, 1.82) is 0 Å². The largest absolute Gasteiger partial charge is 0.488 e. The average molecular weight is 248 g/mol. The Balaban J connectivity index is 2.01. The molecular formula is C14H14ClNO. The lowest BCUT2D eigenvalue weighted by Crippen LogP contribution is -2.19. The third kappa shape index (κ3) is 2.11. The maximum atomic E-state index is 6.18. The lowest BCUT2D eigenvalue weighted by Gasteiger charge is -2.15. The number of rotatable bonds is 2. The Morgan fingerprint density at radius 1 is 1.12 bits per heavy atom. The van der Waals surface area contributed by atoms with E-state index in [0.717, 1.165) is 41.1 Å². The van der Waals surface area contributed by atoms with Gasteiger partial charge in [-0.3, -0.25) is 0 Å². The number of benzene rings is 2. The second-order valence-electron chi connectivity index (χ2n) is 4.32. The lowest BCUT2D eigenvalue weighted by atomic mass is 10.1. The van der Waals surface area contributed by atoms with Gasteiger partial charge in [0.2, 0.25) is 0 Å². The zero-order valence-corrected chi connectivity index (χ0v) is 10.2. The minimum absolute atomic E-state index is 0.277. The van der Waals surface area contributed by atoms with E-state index >= 15 is 0 Å². The van der Waals surface area contributed by atoms with Crippen LogP contribution >= 0.6 is 11.6 Å². The highest BCUT2D eigenvalue weighted by molar-refractivity contribution is 6.35. The maximum Gasteiger partial charge on any atom is 0.127 e. The van der Waals surface area contributed by atoms with E-state index in [9.17, 15) is 0 Å². The highest BCUT2D eigenvalue weighted by Gasteiger charge is 2.17. The minimum Gasteiger partial charge on any atom is -0.488 e. The van der Waals surface area contributed by atoms with Gasteiger partial charge in [0.05, 0.1) is 0 Å². The number of fused-ring (bicyclic) bond motifs is 1. The minimum atomic E-state index is 0.277. The molecule has 0 aliphatic carbocycles. The molecule has 0 saturated carbocycles. The van der Waals surface area contributed by atoms with Crippen LogP contribution in [-0.2, 0) is 0 Å². The van der Waals surface area contributed by atoms with Crippen molar-refractivity contribution in [2.75, 3.05) is 13.1 Å². The first kappa shape index (κ1) is 10.9. The van der Waals surface area contributed by atoms with Crippen LogP contribution in [0.25, 0.3) is 10.8 Å². The van der Waals surface area contributed by atoms with Crippen molar-refractivity contribution in [1.82, 2.24) is 5.32 Å². The van der Waals surface area contributed by atoms with Crippen molar-refractivity contribution in [2.24, 2.45) is 0 Å². The van der Waals surface area contributed by atoms with Crippen LogP contribution in [0.4, 0.5) is 0 Å². The van der Waals surface area contributed by atoms with Gasteiger partial charge in [-0.15, -0.1) is 0 Å². The topological polar surface area (TPSA) is 21.3 Å². The SMILES string of the molecule is Clc1ccc(O[C@@H]2CCNC2)c2ccccc12. The third-order valence-corrected chi connectivity index (χ3v) is 3.47. The summed E-state index contributed by atoms with van der Waals surface area (Å²) in [4.78, 5) is 0. The molecule has 0 aromatic heterocycles. The summed E-state index contributed by atoms with van der Waals surface area (Å²) in [5.74, 6) is 0.929. The molecule has 0 bridgehead atoms. The molecular weight excluding hydrogens is 234 g/mol. The Bertz CT molecular complexity index is 535. The summed E-state index contributed by atoms with van der Waals surface area (Å²) >= 11 is 6.18. The van der Waals surface area contributed by atoms with Crippen molar-refractivity contribution in [3.8, 4) is 5.75 Å². The second-order valence-corrected chi connectivity index (χ2v) is 4.73. The van der Waals surface area contributed by atoms with Gasteiger partial charge in [0, 0.05) is 22.3 Å². The molecule has 3 heteroatoms. The summed E-state index contributed by atoms with van der Waals surface area (Å²) in [5.41, 5.74) is 0. The van der Waals surface area contributed by atoms with E-state index in [4.69, 9.17) is 16.3 Å². The number of hydrogen-bond acceptors (Lipinski definition) is 2. The zero-order chi connectivity index (χ0) is 11.7. The first-order chi connectivity index (χ1) is 8.34. The van der Waals surface area contributed by atoms with Crippen LogP contribution in [0.1, 0.15) is 6.42 Å². The van der Waals surface area contributed by atoms with Crippen molar-refractivity contribution < 1.29 is 4.74 Å². The summed E-state index contributed by atoms with van der Waals surface area (Å²) in [6.45, 7) is 1.97. The maximum absolute atomic E-state index is 6.18. The van der Waals surface area contributed by atoms with Gasteiger partial charge in [-0.25, -0.2) is 0 Å². The van der Waals surface area contributed by atoms with Crippen LogP contribution < -0.4 is 10.1 Å². The molecule has 2 aromatic rings. The molecule has 2 aromatic carbocycles. The smallest absolute Gasteiger partial charge is 0.127 e. The van der Waals surface area contributed by atoms with Gasteiger partial charge < -0.3 is 10.1 Å². The predicted molar refractivity (Wildman–Crippen MR) is 70.9 cm³/mol. The molecule has 88 valence electrons. The highest BCUT2D eigenvalue weighted by Crippen LogP contribution is 2.32. The average Bonchev–Trinajstić information content (AvgIpc) is 2.86. The molecule has 0 radical (unpaired) electrons. The Morgan fingerprint density at radius 3 is 2.71 bits per heavy atom. The number of ether oxygens (including phenoxy) is 1. The molecule has 1 atom stereocenters. The fraction of sp³-hybridized carbons (Fsp3) is 0.286. The van der Waals surface area contributed by atoms with Crippen LogP contribution in [0.2, 0.25) is 5.02 Å². The van der Waals surface area contributed by atoms with Crippen molar-refractivity contribution in [2.45, 2.75) is 12.5 Å². The third-order valence-electron chi connectivity index (χ3n) is 3.14.